The summed E-state index contributed by atoms with van der Waals surface area (Å²) in [6.45, 7) is 9.14. The van der Waals surface area contributed by atoms with E-state index >= 15 is 0 Å². The summed E-state index contributed by atoms with van der Waals surface area (Å²) in [5, 5.41) is 3.43. The Bertz CT molecular complexity index is 337. The lowest BCUT2D eigenvalue weighted by molar-refractivity contribution is 0.216. The first kappa shape index (κ1) is 16.8. The highest BCUT2D eigenvalue weighted by atomic mass is 16.5. The average molecular weight is 279 g/mol. The number of hydrogen-bond acceptors (Lipinski definition) is 3. The Kier molecular flexibility index (Phi) is 8.88. The van der Waals surface area contributed by atoms with E-state index in [1.54, 1.807) is 0 Å². The van der Waals surface area contributed by atoms with Crippen LogP contribution in [0.5, 0.6) is 11.5 Å². The van der Waals surface area contributed by atoms with E-state index in [0.29, 0.717) is 0 Å². The number of nitrogens with one attached hydrogen (secondary N) is 1. The predicted molar refractivity (Wildman–Crippen MR) is 84.7 cm³/mol. The molecule has 0 fully saturated rings. The van der Waals surface area contributed by atoms with Crippen molar-refractivity contribution >= 4 is 0 Å². The summed E-state index contributed by atoms with van der Waals surface area (Å²) in [6, 6.07) is 7.87. The molecule has 1 N–H and O–H groups in total. The zero-order valence-corrected chi connectivity index (χ0v) is 13.2. The summed E-state index contributed by atoms with van der Waals surface area (Å²) in [6.07, 6.45) is 5.01. The van der Waals surface area contributed by atoms with E-state index in [0.717, 1.165) is 37.6 Å². The monoisotopic (exact) mass is 279 g/mol. The quantitative estimate of drug-likeness (QED) is 0.621. The lowest BCUT2D eigenvalue weighted by Gasteiger charge is -2.16. The summed E-state index contributed by atoms with van der Waals surface area (Å²) in [4.78, 5) is 0. The van der Waals surface area contributed by atoms with Crippen LogP contribution in [0.1, 0.15) is 46.5 Å². The van der Waals surface area contributed by atoms with Crippen LogP contribution in [-0.4, -0.2) is 25.8 Å². The average Bonchev–Trinajstić information content (AvgIpc) is 2.46. The molecular weight excluding hydrogens is 250 g/mol. The maximum absolute atomic E-state index is 5.86. The molecule has 0 saturated carbocycles. The van der Waals surface area contributed by atoms with E-state index < -0.39 is 0 Å². The van der Waals surface area contributed by atoms with Gasteiger partial charge in [0.25, 0.3) is 0 Å². The largest absolute Gasteiger partial charge is 0.494 e. The standard InChI is InChI=1S/C17H29NO2/c1-4-6-7-12-18-14-15(3)20-17-10-8-16(9-11-17)19-13-5-2/h8-11,15,18H,4-7,12-14H2,1-3H3. The summed E-state index contributed by atoms with van der Waals surface area (Å²) in [5.74, 6) is 1.81. The highest BCUT2D eigenvalue weighted by molar-refractivity contribution is 5.31. The fourth-order valence-corrected chi connectivity index (χ4v) is 1.91. The number of hydrogen-bond donors (Lipinski definition) is 1. The molecule has 0 aliphatic heterocycles. The molecule has 1 unspecified atom stereocenters. The van der Waals surface area contributed by atoms with E-state index in [4.69, 9.17) is 9.47 Å². The molecule has 20 heavy (non-hydrogen) atoms. The van der Waals surface area contributed by atoms with Gasteiger partial charge in [-0.05, 0) is 50.6 Å². The fourth-order valence-electron chi connectivity index (χ4n) is 1.91. The van der Waals surface area contributed by atoms with Crippen molar-refractivity contribution in [1.82, 2.24) is 5.32 Å². The van der Waals surface area contributed by atoms with Crippen LogP contribution in [0.3, 0.4) is 0 Å². The van der Waals surface area contributed by atoms with Gasteiger partial charge in [-0.25, -0.2) is 0 Å². The molecule has 0 saturated heterocycles. The third-order valence-electron chi connectivity index (χ3n) is 3.02. The molecule has 0 amide bonds. The Morgan fingerprint density at radius 1 is 1.00 bits per heavy atom. The molecule has 0 spiro atoms. The van der Waals surface area contributed by atoms with Gasteiger partial charge in [0.15, 0.2) is 0 Å². The second-order valence-electron chi connectivity index (χ2n) is 5.16. The molecule has 0 aliphatic carbocycles. The molecule has 0 aromatic heterocycles. The van der Waals surface area contributed by atoms with Crippen LogP contribution in [0, 0.1) is 0 Å². The molecule has 1 aromatic rings. The minimum Gasteiger partial charge on any atom is -0.494 e. The van der Waals surface area contributed by atoms with Crippen molar-refractivity contribution in [2.24, 2.45) is 0 Å². The smallest absolute Gasteiger partial charge is 0.120 e. The molecule has 0 bridgehead atoms. The van der Waals surface area contributed by atoms with E-state index in [-0.39, 0.29) is 6.10 Å². The van der Waals surface area contributed by atoms with Gasteiger partial charge >= 0.3 is 0 Å². The van der Waals surface area contributed by atoms with Gasteiger partial charge in [0, 0.05) is 6.54 Å². The Morgan fingerprint density at radius 2 is 1.70 bits per heavy atom. The SMILES string of the molecule is CCCCCNCC(C)Oc1ccc(OCCC)cc1. The molecule has 0 radical (unpaired) electrons. The number of unbranched alkanes of at least 4 members (excludes halogenated alkanes) is 2. The van der Waals surface area contributed by atoms with Gasteiger partial charge in [-0.1, -0.05) is 26.7 Å². The van der Waals surface area contributed by atoms with Crippen LogP contribution in [0.25, 0.3) is 0 Å². The van der Waals surface area contributed by atoms with Crippen molar-refractivity contribution in [2.75, 3.05) is 19.7 Å². The first-order valence-corrected chi connectivity index (χ1v) is 7.86. The van der Waals surface area contributed by atoms with Crippen LogP contribution < -0.4 is 14.8 Å². The first-order valence-electron chi connectivity index (χ1n) is 7.86. The van der Waals surface area contributed by atoms with Crippen molar-refractivity contribution in [3.63, 3.8) is 0 Å². The third-order valence-corrected chi connectivity index (χ3v) is 3.02. The molecule has 1 rings (SSSR count). The molecule has 3 nitrogen and oxygen atoms in total. The molecule has 0 heterocycles. The molecule has 0 aliphatic rings. The lowest BCUT2D eigenvalue weighted by atomic mass is 10.2. The van der Waals surface area contributed by atoms with Gasteiger partial charge < -0.3 is 14.8 Å². The van der Waals surface area contributed by atoms with Crippen LogP contribution in [0.4, 0.5) is 0 Å². The van der Waals surface area contributed by atoms with Gasteiger partial charge in [-0.3, -0.25) is 0 Å². The van der Waals surface area contributed by atoms with Crippen LogP contribution in [0.15, 0.2) is 24.3 Å². The van der Waals surface area contributed by atoms with Crippen molar-refractivity contribution in [3.8, 4) is 11.5 Å². The highest BCUT2D eigenvalue weighted by Crippen LogP contribution is 2.18. The molecule has 114 valence electrons. The second kappa shape index (κ2) is 10.6. The first-order chi connectivity index (χ1) is 9.76. The normalized spacial score (nSPS) is 12.2. The van der Waals surface area contributed by atoms with Crippen molar-refractivity contribution in [1.29, 1.82) is 0 Å². The zero-order chi connectivity index (χ0) is 14.6. The Balaban J connectivity index is 2.22. The zero-order valence-electron chi connectivity index (χ0n) is 13.2. The topological polar surface area (TPSA) is 30.5 Å². The van der Waals surface area contributed by atoms with Crippen molar-refractivity contribution in [3.05, 3.63) is 24.3 Å². The number of benzene rings is 1. The van der Waals surface area contributed by atoms with E-state index in [2.05, 4.69) is 26.1 Å². The lowest BCUT2D eigenvalue weighted by Crippen LogP contribution is -2.29. The Hall–Kier alpha value is -1.22. The van der Waals surface area contributed by atoms with E-state index in [1.165, 1.54) is 19.3 Å². The minimum absolute atomic E-state index is 0.180. The molecule has 1 aromatic carbocycles. The highest BCUT2D eigenvalue weighted by Gasteiger charge is 2.03. The van der Waals surface area contributed by atoms with E-state index in [1.807, 2.05) is 24.3 Å². The maximum Gasteiger partial charge on any atom is 0.120 e. The van der Waals surface area contributed by atoms with Crippen molar-refractivity contribution in [2.45, 2.75) is 52.6 Å². The molecular formula is C17H29NO2. The summed E-state index contributed by atoms with van der Waals surface area (Å²) >= 11 is 0. The van der Waals surface area contributed by atoms with Crippen molar-refractivity contribution < 1.29 is 9.47 Å². The minimum atomic E-state index is 0.180. The van der Waals surface area contributed by atoms with Gasteiger partial charge in [0.2, 0.25) is 0 Å². The second-order valence-corrected chi connectivity index (χ2v) is 5.16. The van der Waals surface area contributed by atoms with E-state index in [9.17, 15) is 0 Å². The maximum atomic E-state index is 5.86. The predicted octanol–water partition coefficient (Wildman–Crippen LogP) is 4.02. The van der Waals surface area contributed by atoms with Gasteiger partial charge in [0.1, 0.15) is 17.6 Å². The van der Waals surface area contributed by atoms with Crippen LogP contribution in [0.2, 0.25) is 0 Å². The van der Waals surface area contributed by atoms with Gasteiger partial charge in [-0.2, -0.15) is 0 Å². The number of rotatable bonds is 11. The fraction of sp³-hybridized carbons (Fsp3) is 0.647. The number of ether oxygens (including phenoxy) is 2. The molecule has 3 heteroatoms. The Labute approximate surface area is 123 Å². The molecule has 1 atom stereocenters. The van der Waals surface area contributed by atoms with Crippen LogP contribution in [-0.2, 0) is 0 Å². The van der Waals surface area contributed by atoms with Gasteiger partial charge in [0.05, 0.1) is 6.61 Å². The Morgan fingerprint density at radius 3 is 2.35 bits per heavy atom. The van der Waals surface area contributed by atoms with Gasteiger partial charge in [-0.15, -0.1) is 0 Å². The summed E-state index contributed by atoms with van der Waals surface area (Å²) in [7, 11) is 0. The summed E-state index contributed by atoms with van der Waals surface area (Å²) < 4.78 is 11.4. The van der Waals surface area contributed by atoms with Crippen LogP contribution >= 0.6 is 0 Å². The third kappa shape index (κ3) is 7.39. The summed E-state index contributed by atoms with van der Waals surface area (Å²) in [5.41, 5.74) is 0.